The summed E-state index contributed by atoms with van der Waals surface area (Å²) in [5, 5.41) is 8.89. The maximum absolute atomic E-state index is 11.5. The van der Waals surface area contributed by atoms with Crippen LogP contribution >= 0.6 is 22.9 Å². The van der Waals surface area contributed by atoms with Crippen LogP contribution in [0.25, 0.3) is 27.6 Å². The molecule has 0 spiro atoms. The summed E-state index contributed by atoms with van der Waals surface area (Å²) in [4.78, 5) is 24.4. The molecule has 1 amide bonds. The Morgan fingerprint density at radius 1 is 1.32 bits per heavy atom. The highest BCUT2D eigenvalue weighted by atomic mass is 35.5. The predicted molar refractivity (Wildman–Crippen MR) is 109 cm³/mol. The molecule has 1 aliphatic rings. The molecule has 1 aliphatic carbocycles. The van der Waals surface area contributed by atoms with Gasteiger partial charge in [0.1, 0.15) is 5.69 Å². The zero-order chi connectivity index (χ0) is 19.3. The molecule has 2 N–H and O–H groups in total. The van der Waals surface area contributed by atoms with Gasteiger partial charge in [0, 0.05) is 12.5 Å². The average Bonchev–Trinajstić information content (AvgIpc) is 3.38. The quantitative estimate of drug-likeness (QED) is 0.532. The van der Waals surface area contributed by atoms with E-state index in [0.29, 0.717) is 10.2 Å². The minimum atomic E-state index is -0.135. The van der Waals surface area contributed by atoms with Gasteiger partial charge in [0.15, 0.2) is 5.13 Å². The van der Waals surface area contributed by atoms with Crippen molar-refractivity contribution in [1.82, 2.24) is 24.7 Å². The van der Waals surface area contributed by atoms with Crippen LogP contribution in [0, 0.1) is 0 Å². The standard InChI is InChI=1S/C19H15ClN6OS/c1-10(27)23-19-24-13-7-6-11-16(14-8-21-9-22-14)25-26(17(11)18(13)28-19)15-5-3-2-4-12(15)20/h2-5,8-9H,6-7H2,1H3,(H,21,22)(H,23,24,27). The van der Waals surface area contributed by atoms with E-state index in [9.17, 15) is 4.79 Å². The molecular weight excluding hydrogens is 396 g/mol. The number of thiazole rings is 1. The minimum absolute atomic E-state index is 0.135. The lowest BCUT2D eigenvalue weighted by Gasteiger charge is -2.14. The Hall–Kier alpha value is -2.97. The first kappa shape index (κ1) is 17.2. The van der Waals surface area contributed by atoms with Crippen molar-refractivity contribution in [1.29, 1.82) is 0 Å². The largest absolute Gasteiger partial charge is 0.343 e. The molecule has 0 radical (unpaired) electrons. The number of aryl methyl sites for hydroxylation is 1. The molecule has 0 unspecified atom stereocenters. The molecule has 9 heteroatoms. The highest BCUT2D eigenvalue weighted by molar-refractivity contribution is 7.19. The second kappa shape index (κ2) is 6.57. The fourth-order valence-electron chi connectivity index (χ4n) is 3.47. The van der Waals surface area contributed by atoms with Gasteiger partial charge < -0.3 is 10.3 Å². The van der Waals surface area contributed by atoms with Crippen molar-refractivity contribution < 1.29 is 4.79 Å². The van der Waals surface area contributed by atoms with Gasteiger partial charge in [-0.05, 0) is 25.0 Å². The summed E-state index contributed by atoms with van der Waals surface area (Å²) in [6.07, 6.45) is 4.99. The first-order valence-electron chi connectivity index (χ1n) is 8.75. The van der Waals surface area contributed by atoms with Crippen molar-refractivity contribution in [2.45, 2.75) is 19.8 Å². The summed E-state index contributed by atoms with van der Waals surface area (Å²) >= 11 is 7.95. The lowest BCUT2D eigenvalue weighted by atomic mass is 9.96. The predicted octanol–water partition coefficient (Wildman–Crippen LogP) is 4.10. The van der Waals surface area contributed by atoms with Crippen molar-refractivity contribution in [2.24, 2.45) is 0 Å². The maximum atomic E-state index is 11.5. The monoisotopic (exact) mass is 410 g/mol. The summed E-state index contributed by atoms with van der Waals surface area (Å²) in [5.74, 6) is -0.135. The summed E-state index contributed by atoms with van der Waals surface area (Å²) in [6, 6.07) is 7.62. The zero-order valence-corrected chi connectivity index (χ0v) is 16.4. The van der Waals surface area contributed by atoms with Crippen LogP contribution in [-0.4, -0.2) is 30.6 Å². The number of aromatic amines is 1. The average molecular weight is 411 g/mol. The van der Waals surface area contributed by atoms with E-state index in [4.69, 9.17) is 16.7 Å². The van der Waals surface area contributed by atoms with Crippen molar-refractivity contribution in [2.75, 3.05) is 5.32 Å². The molecule has 7 nitrogen and oxygen atoms in total. The van der Waals surface area contributed by atoms with Gasteiger partial charge in [-0.2, -0.15) is 5.10 Å². The summed E-state index contributed by atoms with van der Waals surface area (Å²) < 4.78 is 1.88. The molecule has 0 fully saturated rings. The van der Waals surface area contributed by atoms with Gasteiger partial charge in [-0.3, -0.25) is 4.79 Å². The molecule has 0 saturated carbocycles. The van der Waals surface area contributed by atoms with Gasteiger partial charge in [-0.25, -0.2) is 14.6 Å². The number of fused-ring (bicyclic) bond motifs is 3. The van der Waals surface area contributed by atoms with Crippen LogP contribution in [0.15, 0.2) is 36.8 Å². The molecule has 0 aliphatic heterocycles. The number of carbonyl (C=O) groups is 1. The van der Waals surface area contributed by atoms with Crippen LogP contribution in [0.5, 0.6) is 0 Å². The van der Waals surface area contributed by atoms with Crippen LogP contribution in [-0.2, 0) is 17.6 Å². The number of hydrogen-bond acceptors (Lipinski definition) is 5. The molecule has 3 aromatic heterocycles. The fraction of sp³-hybridized carbons (Fsp3) is 0.158. The molecule has 0 bridgehead atoms. The second-order valence-corrected chi connectivity index (χ2v) is 7.89. The lowest BCUT2D eigenvalue weighted by molar-refractivity contribution is -0.114. The molecule has 0 atom stereocenters. The number of amides is 1. The normalized spacial score (nSPS) is 12.5. The van der Waals surface area contributed by atoms with Crippen LogP contribution in [0.3, 0.4) is 0 Å². The number of aromatic nitrogens is 5. The molecule has 4 aromatic rings. The zero-order valence-electron chi connectivity index (χ0n) is 14.9. The number of rotatable bonds is 3. The first-order valence-corrected chi connectivity index (χ1v) is 9.94. The summed E-state index contributed by atoms with van der Waals surface area (Å²) in [5.41, 5.74) is 5.56. The molecule has 5 rings (SSSR count). The molecule has 28 heavy (non-hydrogen) atoms. The fourth-order valence-corrected chi connectivity index (χ4v) is 4.81. The van der Waals surface area contributed by atoms with Crippen molar-refractivity contribution >= 4 is 34.0 Å². The van der Waals surface area contributed by atoms with Gasteiger partial charge in [0.2, 0.25) is 5.91 Å². The Kier molecular flexibility index (Phi) is 4.03. The number of para-hydroxylation sites is 1. The number of halogens is 1. The van der Waals surface area contributed by atoms with Crippen LogP contribution in [0.1, 0.15) is 18.2 Å². The highest BCUT2D eigenvalue weighted by Crippen LogP contribution is 2.44. The summed E-state index contributed by atoms with van der Waals surface area (Å²) in [7, 11) is 0. The maximum Gasteiger partial charge on any atom is 0.223 e. The van der Waals surface area contributed by atoms with E-state index in [0.717, 1.165) is 51.7 Å². The number of imidazole rings is 1. The number of anilines is 1. The third-order valence-electron chi connectivity index (χ3n) is 4.62. The lowest BCUT2D eigenvalue weighted by Crippen LogP contribution is -2.07. The summed E-state index contributed by atoms with van der Waals surface area (Å²) in [6.45, 7) is 1.48. The minimum Gasteiger partial charge on any atom is -0.343 e. The Labute approximate surface area is 169 Å². The topological polar surface area (TPSA) is 88.5 Å². The Balaban J connectivity index is 1.77. The number of carbonyl (C=O) groups excluding carboxylic acids is 1. The third-order valence-corrected chi connectivity index (χ3v) is 5.96. The van der Waals surface area contributed by atoms with E-state index >= 15 is 0 Å². The van der Waals surface area contributed by atoms with Gasteiger partial charge in [-0.1, -0.05) is 35.1 Å². The van der Waals surface area contributed by atoms with Gasteiger partial charge in [-0.15, -0.1) is 0 Å². The van der Waals surface area contributed by atoms with E-state index < -0.39 is 0 Å². The Morgan fingerprint density at radius 3 is 2.93 bits per heavy atom. The molecular formula is C19H15ClN6OS. The molecule has 3 heterocycles. The van der Waals surface area contributed by atoms with E-state index in [2.05, 4.69) is 20.3 Å². The van der Waals surface area contributed by atoms with Gasteiger partial charge in [0.05, 0.1) is 45.2 Å². The van der Waals surface area contributed by atoms with E-state index in [1.165, 1.54) is 18.3 Å². The number of nitrogens with zero attached hydrogens (tertiary/aromatic N) is 4. The van der Waals surface area contributed by atoms with Gasteiger partial charge in [0.25, 0.3) is 0 Å². The van der Waals surface area contributed by atoms with Crippen molar-refractivity contribution in [3.63, 3.8) is 0 Å². The van der Waals surface area contributed by atoms with E-state index in [-0.39, 0.29) is 5.91 Å². The van der Waals surface area contributed by atoms with Crippen LogP contribution in [0.2, 0.25) is 5.02 Å². The molecule has 140 valence electrons. The second-order valence-electron chi connectivity index (χ2n) is 6.48. The Bertz CT molecular complexity index is 1190. The number of H-pyrrole nitrogens is 1. The number of benzene rings is 1. The SMILES string of the molecule is CC(=O)Nc1nc2c(s1)-c1c(c(-c3cnc[nH]3)nn1-c1ccccc1Cl)CC2. The first-order chi connectivity index (χ1) is 13.6. The van der Waals surface area contributed by atoms with Gasteiger partial charge >= 0.3 is 0 Å². The van der Waals surface area contributed by atoms with Crippen molar-refractivity contribution in [3.05, 3.63) is 53.1 Å². The molecule has 0 saturated heterocycles. The Morgan fingerprint density at radius 2 is 2.18 bits per heavy atom. The highest BCUT2D eigenvalue weighted by Gasteiger charge is 2.30. The van der Waals surface area contributed by atoms with Crippen LogP contribution in [0.4, 0.5) is 5.13 Å². The van der Waals surface area contributed by atoms with Crippen LogP contribution < -0.4 is 5.32 Å². The number of hydrogen-bond donors (Lipinski definition) is 2. The van der Waals surface area contributed by atoms with Crippen molar-refractivity contribution in [3.8, 4) is 27.6 Å². The number of nitrogens with one attached hydrogen (secondary N) is 2. The smallest absolute Gasteiger partial charge is 0.223 e. The van der Waals surface area contributed by atoms with E-state index in [1.807, 2.05) is 28.9 Å². The van der Waals surface area contributed by atoms with E-state index in [1.54, 1.807) is 12.5 Å². The third kappa shape index (κ3) is 2.73. The molecule has 1 aromatic carbocycles.